The maximum atomic E-state index is 4.81. The third kappa shape index (κ3) is 3.91. The summed E-state index contributed by atoms with van der Waals surface area (Å²) in [5, 5.41) is 11.3. The van der Waals surface area contributed by atoms with E-state index < -0.39 is 0 Å². The van der Waals surface area contributed by atoms with Crippen molar-refractivity contribution in [2.45, 2.75) is 12.5 Å². The summed E-state index contributed by atoms with van der Waals surface area (Å²) in [4.78, 5) is 9.30. The Morgan fingerprint density at radius 1 is 0.862 bits per heavy atom. The van der Waals surface area contributed by atoms with E-state index in [2.05, 4.69) is 63.4 Å². The summed E-state index contributed by atoms with van der Waals surface area (Å²) < 4.78 is 0. The molecule has 5 rings (SSSR count). The van der Waals surface area contributed by atoms with Crippen molar-refractivity contribution in [3.8, 4) is 11.1 Å². The summed E-state index contributed by atoms with van der Waals surface area (Å²) in [7, 11) is 0. The molecule has 0 saturated carbocycles. The first kappa shape index (κ1) is 17.6. The average Bonchev–Trinajstić information content (AvgIpc) is 3.28. The van der Waals surface area contributed by atoms with Crippen LogP contribution in [0.5, 0.6) is 0 Å². The minimum absolute atomic E-state index is 0.508. The van der Waals surface area contributed by atoms with Crippen molar-refractivity contribution >= 4 is 28.2 Å². The molecule has 1 unspecified atom stereocenters. The van der Waals surface area contributed by atoms with Crippen LogP contribution in [-0.2, 0) is 0 Å². The molecule has 0 spiro atoms. The molecule has 0 amide bonds. The number of hydrogen-bond donors (Lipinski definition) is 3. The van der Waals surface area contributed by atoms with E-state index in [0.29, 0.717) is 12.0 Å². The molecule has 0 bridgehead atoms. The zero-order valence-corrected chi connectivity index (χ0v) is 16.1. The van der Waals surface area contributed by atoms with Gasteiger partial charge in [-0.25, -0.2) is 9.97 Å². The lowest BCUT2D eigenvalue weighted by Gasteiger charge is -2.13. The van der Waals surface area contributed by atoms with Crippen molar-refractivity contribution in [1.82, 2.24) is 15.3 Å². The Balaban J connectivity index is 1.39. The topological polar surface area (TPSA) is 61.9 Å². The lowest BCUT2D eigenvalue weighted by Crippen LogP contribution is -2.21. The molecule has 2 heterocycles. The molecule has 1 aliphatic rings. The largest absolute Gasteiger partial charge is 0.381 e. The van der Waals surface area contributed by atoms with Crippen molar-refractivity contribution in [3.63, 3.8) is 0 Å². The quantitative estimate of drug-likeness (QED) is 0.463. The van der Waals surface area contributed by atoms with Crippen LogP contribution in [0.4, 0.5) is 17.3 Å². The summed E-state index contributed by atoms with van der Waals surface area (Å²) in [5.74, 6) is 0.599. The van der Waals surface area contributed by atoms with Crippen LogP contribution in [0, 0.1) is 0 Å². The predicted octanol–water partition coefficient (Wildman–Crippen LogP) is 4.81. The van der Waals surface area contributed by atoms with E-state index in [1.165, 1.54) is 0 Å². The molecule has 1 aliphatic heterocycles. The second kappa shape index (κ2) is 7.89. The maximum absolute atomic E-state index is 4.81. The number of para-hydroxylation sites is 1. The molecule has 0 radical (unpaired) electrons. The summed E-state index contributed by atoms with van der Waals surface area (Å²) >= 11 is 0. The van der Waals surface area contributed by atoms with E-state index in [-0.39, 0.29) is 0 Å². The fourth-order valence-corrected chi connectivity index (χ4v) is 3.76. The minimum Gasteiger partial charge on any atom is -0.381 e. The van der Waals surface area contributed by atoms with E-state index in [1.54, 1.807) is 0 Å². The maximum Gasteiger partial charge on any atom is 0.227 e. The average molecular weight is 381 g/mol. The van der Waals surface area contributed by atoms with Crippen LogP contribution >= 0.6 is 0 Å². The third-order valence-corrected chi connectivity index (χ3v) is 5.27. The molecule has 1 atom stereocenters. The Hall–Kier alpha value is -3.44. The smallest absolute Gasteiger partial charge is 0.227 e. The van der Waals surface area contributed by atoms with Crippen molar-refractivity contribution < 1.29 is 0 Å². The van der Waals surface area contributed by atoms with Crippen LogP contribution in [0.1, 0.15) is 6.42 Å². The van der Waals surface area contributed by atoms with Crippen molar-refractivity contribution in [3.05, 3.63) is 79.0 Å². The van der Waals surface area contributed by atoms with Gasteiger partial charge in [-0.3, -0.25) is 0 Å². The van der Waals surface area contributed by atoms with Crippen molar-refractivity contribution in [1.29, 1.82) is 0 Å². The van der Waals surface area contributed by atoms with E-state index in [1.807, 2.05) is 36.5 Å². The van der Waals surface area contributed by atoms with Crippen LogP contribution < -0.4 is 16.0 Å². The number of aromatic nitrogens is 2. The van der Waals surface area contributed by atoms with Gasteiger partial charge < -0.3 is 16.0 Å². The highest BCUT2D eigenvalue weighted by Crippen LogP contribution is 2.28. The van der Waals surface area contributed by atoms with Gasteiger partial charge in [0.15, 0.2) is 0 Å². The highest BCUT2D eigenvalue weighted by molar-refractivity contribution is 5.93. The molecule has 4 aromatic rings. The highest BCUT2D eigenvalue weighted by Gasteiger charge is 2.13. The fourth-order valence-electron chi connectivity index (χ4n) is 3.76. The summed E-state index contributed by atoms with van der Waals surface area (Å²) in [6.45, 7) is 2.11. The molecule has 1 aromatic heterocycles. The molecule has 5 nitrogen and oxygen atoms in total. The first-order chi connectivity index (χ1) is 14.3. The number of hydrogen-bond acceptors (Lipinski definition) is 5. The minimum atomic E-state index is 0.508. The van der Waals surface area contributed by atoms with Gasteiger partial charge in [0.2, 0.25) is 5.95 Å². The summed E-state index contributed by atoms with van der Waals surface area (Å²) in [5.41, 5.74) is 5.31. The van der Waals surface area contributed by atoms with Gasteiger partial charge in [-0.2, -0.15) is 0 Å². The fraction of sp³-hybridized carbons (Fsp3) is 0.167. The predicted molar refractivity (Wildman–Crippen MR) is 120 cm³/mol. The standard InChI is InChI=1S/C24H23N5/c1-2-5-17(6-3-1)22-8-4-7-18-15-26-24(29-23(18)22)28-20-11-9-19(10-12-20)27-21-13-14-25-16-21/h1-12,15,21,25,27H,13-14,16H2,(H,26,28,29). The van der Waals surface area contributed by atoms with Crippen molar-refractivity contribution in [2.75, 3.05) is 23.7 Å². The Kier molecular flexibility index (Phi) is 4.80. The molecular formula is C24H23N5. The monoisotopic (exact) mass is 381 g/mol. The van der Waals surface area contributed by atoms with Crippen LogP contribution in [0.2, 0.25) is 0 Å². The molecule has 1 saturated heterocycles. The Morgan fingerprint density at radius 3 is 2.48 bits per heavy atom. The number of nitrogens with one attached hydrogen (secondary N) is 3. The molecule has 1 fully saturated rings. The highest BCUT2D eigenvalue weighted by atomic mass is 15.1. The number of rotatable bonds is 5. The van der Waals surface area contributed by atoms with Crippen LogP contribution in [-0.4, -0.2) is 29.1 Å². The second-order valence-corrected chi connectivity index (χ2v) is 7.34. The Bertz CT molecular complexity index is 1100. The molecule has 3 aromatic carbocycles. The van der Waals surface area contributed by atoms with Crippen LogP contribution in [0.3, 0.4) is 0 Å². The van der Waals surface area contributed by atoms with E-state index in [4.69, 9.17) is 4.98 Å². The Labute approximate surface area is 170 Å². The van der Waals surface area contributed by atoms with Gasteiger partial charge >= 0.3 is 0 Å². The zero-order chi connectivity index (χ0) is 19.5. The SMILES string of the molecule is c1ccc(-c2cccc3cnc(Nc4ccc(NC5CCNC5)cc4)nc23)cc1. The van der Waals surface area contributed by atoms with Gasteiger partial charge in [0.25, 0.3) is 0 Å². The molecule has 29 heavy (non-hydrogen) atoms. The van der Waals surface area contributed by atoms with Gasteiger partial charge in [0, 0.05) is 41.1 Å². The number of fused-ring (bicyclic) bond motifs is 1. The molecule has 144 valence electrons. The van der Waals surface area contributed by atoms with Gasteiger partial charge in [-0.05, 0) is 42.8 Å². The zero-order valence-electron chi connectivity index (χ0n) is 16.1. The second-order valence-electron chi connectivity index (χ2n) is 7.34. The normalized spacial score (nSPS) is 16.1. The van der Waals surface area contributed by atoms with Crippen LogP contribution in [0.25, 0.3) is 22.0 Å². The molecular weight excluding hydrogens is 358 g/mol. The van der Waals surface area contributed by atoms with Gasteiger partial charge in [0.1, 0.15) is 0 Å². The lowest BCUT2D eigenvalue weighted by molar-refractivity contribution is 0.793. The van der Waals surface area contributed by atoms with Gasteiger partial charge in [-0.1, -0.05) is 48.5 Å². The first-order valence-electron chi connectivity index (χ1n) is 10.0. The molecule has 3 N–H and O–H groups in total. The first-order valence-corrected chi connectivity index (χ1v) is 10.0. The summed E-state index contributed by atoms with van der Waals surface area (Å²) in [6.07, 6.45) is 3.04. The third-order valence-electron chi connectivity index (χ3n) is 5.27. The molecule has 0 aliphatic carbocycles. The van der Waals surface area contributed by atoms with Crippen molar-refractivity contribution in [2.24, 2.45) is 0 Å². The number of anilines is 3. The van der Waals surface area contributed by atoms with Gasteiger partial charge in [-0.15, -0.1) is 0 Å². The van der Waals surface area contributed by atoms with E-state index in [0.717, 1.165) is 52.9 Å². The van der Waals surface area contributed by atoms with Crippen LogP contribution in [0.15, 0.2) is 79.0 Å². The van der Waals surface area contributed by atoms with E-state index >= 15 is 0 Å². The van der Waals surface area contributed by atoms with Gasteiger partial charge in [0.05, 0.1) is 5.52 Å². The number of nitrogens with zero attached hydrogens (tertiary/aromatic N) is 2. The summed E-state index contributed by atoms with van der Waals surface area (Å²) in [6, 6.07) is 25.3. The van der Waals surface area contributed by atoms with E-state index in [9.17, 15) is 0 Å². The number of benzene rings is 3. The molecule has 5 heteroatoms. The lowest BCUT2D eigenvalue weighted by atomic mass is 10.0. The Morgan fingerprint density at radius 2 is 1.69 bits per heavy atom.